The third-order valence-electron chi connectivity index (χ3n) is 11.0. The van der Waals surface area contributed by atoms with Gasteiger partial charge in [-0.15, -0.1) is 0 Å². The van der Waals surface area contributed by atoms with E-state index in [1.165, 1.54) is 77.0 Å². The van der Waals surface area contributed by atoms with E-state index in [1.807, 2.05) is 24.3 Å². The molecule has 4 aromatic rings. The van der Waals surface area contributed by atoms with Crippen LogP contribution in [0.3, 0.4) is 0 Å². The van der Waals surface area contributed by atoms with Gasteiger partial charge in [0.15, 0.2) is 6.29 Å². The van der Waals surface area contributed by atoms with Crippen LogP contribution in [0.1, 0.15) is 143 Å². The van der Waals surface area contributed by atoms with E-state index in [2.05, 4.69) is 84.5 Å². The van der Waals surface area contributed by atoms with Crippen molar-refractivity contribution in [1.82, 2.24) is 15.2 Å². The van der Waals surface area contributed by atoms with E-state index in [0.29, 0.717) is 12.1 Å². The monoisotopic (exact) mass is 747 g/mol. The van der Waals surface area contributed by atoms with Crippen molar-refractivity contribution < 1.29 is 19.4 Å². The fraction of sp³-hybridized carbons (Fsp3) is 0.500. The quantitative estimate of drug-likeness (QED) is 0.0735. The zero-order chi connectivity index (χ0) is 38.7. The summed E-state index contributed by atoms with van der Waals surface area (Å²) in [5.74, 6) is -0.0106. The van der Waals surface area contributed by atoms with Crippen molar-refractivity contribution >= 4 is 5.91 Å². The maximum absolute atomic E-state index is 12.7. The van der Waals surface area contributed by atoms with Crippen molar-refractivity contribution in [2.45, 2.75) is 129 Å². The molecule has 0 unspecified atom stereocenters. The molecule has 0 saturated carbocycles. The zero-order valence-corrected chi connectivity index (χ0v) is 33.6. The summed E-state index contributed by atoms with van der Waals surface area (Å²) in [5.41, 5.74) is 6.68. The van der Waals surface area contributed by atoms with Gasteiger partial charge in [0.2, 0.25) is 0 Å². The molecule has 0 aliphatic carbocycles. The van der Waals surface area contributed by atoms with Gasteiger partial charge < -0.3 is 24.8 Å². The van der Waals surface area contributed by atoms with E-state index in [0.717, 1.165) is 53.0 Å². The Morgan fingerprint density at radius 3 is 2.04 bits per heavy atom. The fourth-order valence-corrected chi connectivity index (χ4v) is 7.62. The minimum atomic E-state index is -0.532. The number of hydrogen-bond donors (Lipinski definition) is 2. The van der Waals surface area contributed by atoms with Crippen LogP contribution in [0, 0.1) is 5.92 Å². The number of rotatable bonds is 23. The van der Waals surface area contributed by atoms with Gasteiger partial charge in [-0.1, -0.05) is 146 Å². The molecule has 1 fully saturated rings. The second kappa shape index (κ2) is 23.2. The van der Waals surface area contributed by atoms with Crippen LogP contribution in [0.2, 0.25) is 0 Å². The van der Waals surface area contributed by atoms with Gasteiger partial charge in [0.25, 0.3) is 5.91 Å². The van der Waals surface area contributed by atoms with Gasteiger partial charge in [-0.2, -0.15) is 0 Å². The smallest absolute Gasteiger partial charge is 0.253 e. The Labute approximate surface area is 330 Å². The molecule has 0 radical (unpaired) electrons. The van der Waals surface area contributed by atoms with Gasteiger partial charge in [0, 0.05) is 37.0 Å². The number of unbranched alkanes of at least 4 members (excludes halogenated alkanes) is 10. The normalized spacial score (nSPS) is 18.4. The highest BCUT2D eigenvalue weighted by atomic mass is 16.7. The lowest BCUT2D eigenvalue weighted by Crippen LogP contribution is -2.45. The molecule has 7 nitrogen and oxygen atoms in total. The maximum Gasteiger partial charge on any atom is 0.253 e. The van der Waals surface area contributed by atoms with Gasteiger partial charge in [0.05, 0.1) is 24.4 Å². The fourth-order valence-electron chi connectivity index (χ4n) is 7.62. The highest BCUT2D eigenvalue weighted by molar-refractivity contribution is 5.93. The molecule has 2 N–H and O–H groups in total. The highest BCUT2D eigenvalue weighted by Crippen LogP contribution is 2.42. The summed E-state index contributed by atoms with van der Waals surface area (Å²) in [6, 6.07) is 28.5. The highest BCUT2D eigenvalue weighted by Gasteiger charge is 2.39. The summed E-state index contributed by atoms with van der Waals surface area (Å²) in [4.78, 5) is 19.4. The van der Waals surface area contributed by atoms with Gasteiger partial charge in [-0.3, -0.25) is 9.78 Å². The number of ether oxygens (including phenoxy) is 2. The molecule has 55 heavy (non-hydrogen) atoms. The Morgan fingerprint density at radius 1 is 0.727 bits per heavy atom. The number of nitrogens with zero attached hydrogens (tertiary/aromatic N) is 2. The van der Waals surface area contributed by atoms with Crippen molar-refractivity contribution in [1.29, 1.82) is 0 Å². The molecule has 7 heteroatoms. The number of hydrogen-bond acceptors (Lipinski definition) is 6. The lowest BCUT2D eigenvalue weighted by atomic mass is 9.89. The van der Waals surface area contributed by atoms with Crippen LogP contribution in [0.4, 0.5) is 0 Å². The second-order valence-electron chi connectivity index (χ2n) is 15.4. The van der Waals surface area contributed by atoms with Crippen molar-refractivity contribution in [2.24, 2.45) is 5.92 Å². The average Bonchev–Trinajstić information content (AvgIpc) is 3.23. The third-order valence-corrected chi connectivity index (χ3v) is 11.0. The Balaban J connectivity index is 1.33. The summed E-state index contributed by atoms with van der Waals surface area (Å²) in [5, 5.41) is 12.8. The van der Waals surface area contributed by atoms with E-state index >= 15 is 0 Å². The van der Waals surface area contributed by atoms with Gasteiger partial charge in [-0.05, 0) is 78.0 Å². The molecular weight excluding hydrogens is 683 g/mol. The number of pyridine rings is 1. The molecule has 1 aromatic heterocycles. The first-order valence-electron chi connectivity index (χ1n) is 21.1. The van der Waals surface area contributed by atoms with Gasteiger partial charge in [0.1, 0.15) is 0 Å². The Morgan fingerprint density at radius 2 is 1.38 bits per heavy atom. The van der Waals surface area contributed by atoms with E-state index < -0.39 is 6.29 Å². The number of benzene rings is 3. The molecule has 5 rings (SSSR count). The summed E-state index contributed by atoms with van der Waals surface area (Å²) in [7, 11) is 0. The molecule has 1 aliphatic heterocycles. The molecule has 1 amide bonds. The molecule has 0 spiro atoms. The molecule has 296 valence electrons. The molecule has 2 heterocycles. The molecular formula is C48H65N3O4. The Kier molecular flexibility index (Phi) is 17.9. The van der Waals surface area contributed by atoms with E-state index in [1.54, 1.807) is 24.5 Å². The number of aromatic nitrogens is 1. The summed E-state index contributed by atoms with van der Waals surface area (Å²) >= 11 is 0. The summed E-state index contributed by atoms with van der Waals surface area (Å²) < 4.78 is 13.9. The van der Waals surface area contributed by atoms with Crippen LogP contribution < -0.4 is 5.32 Å². The first-order valence-corrected chi connectivity index (χ1v) is 21.1. The van der Waals surface area contributed by atoms with Crippen LogP contribution in [0.5, 0.6) is 0 Å². The standard InChI is InChI=1S/C48H65N3O4/c1-4-6-8-10-12-14-29-51(30-15-13-11-9-7-5-2)35-45-37(3)46(40-26-24-38(36-52)25-27-40)55-48(54-45)43-22-17-21-42(32-43)41-20-16-19-39(31-41)33-50-47(53)44-23-18-28-49-34-44/h16-28,31-32,34,37,45-46,48,52H,4-15,29-30,33,35-36H2,1-3H3,(H,50,53)/t37-,45+,46+,48+/m1/s1. The number of aliphatic hydroxyl groups excluding tert-OH is 1. The predicted molar refractivity (Wildman–Crippen MR) is 223 cm³/mol. The number of carbonyl (C=O) groups excluding carboxylic acids is 1. The van der Waals surface area contributed by atoms with Crippen LogP contribution >= 0.6 is 0 Å². The van der Waals surface area contributed by atoms with E-state index in [4.69, 9.17) is 9.47 Å². The van der Waals surface area contributed by atoms with Crippen molar-refractivity contribution in [3.8, 4) is 11.1 Å². The molecule has 1 saturated heterocycles. The van der Waals surface area contributed by atoms with Crippen LogP contribution in [0.25, 0.3) is 11.1 Å². The summed E-state index contributed by atoms with van der Waals surface area (Å²) in [6.07, 6.45) is 18.0. The van der Waals surface area contributed by atoms with Crippen LogP contribution in [-0.2, 0) is 22.6 Å². The van der Waals surface area contributed by atoms with Crippen molar-refractivity contribution in [3.63, 3.8) is 0 Å². The second-order valence-corrected chi connectivity index (χ2v) is 15.4. The number of nitrogens with one attached hydrogen (secondary N) is 1. The van der Waals surface area contributed by atoms with Crippen LogP contribution in [-0.4, -0.2) is 46.6 Å². The van der Waals surface area contributed by atoms with Crippen molar-refractivity contribution in [2.75, 3.05) is 19.6 Å². The topological polar surface area (TPSA) is 83.9 Å². The number of carbonyl (C=O) groups is 1. The average molecular weight is 748 g/mol. The maximum atomic E-state index is 12.7. The van der Waals surface area contributed by atoms with Gasteiger partial charge >= 0.3 is 0 Å². The minimum absolute atomic E-state index is 0.0168. The Hall–Kier alpha value is -3.88. The third kappa shape index (κ3) is 13.4. The Bertz CT molecular complexity index is 1660. The van der Waals surface area contributed by atoms with E-state index in [-0.39, 0.29) is 30.6 Å². The van der Waals surface area contributed by atoms with Crippen LogP contribution in [0.15, 0.2) is 97.3 Å². The lowest BCUT2D eigenvalue weighted by molar-refractivity contribution is -0.276. The van der Waals surface area contributed by atoms with Crippen molar-refractivity contribution in [3.05, 3.63) is 125 Å². The molecule has 1 aliphatic rings. The number of amides is 1. The molecule has 0 bridgehead atoms. The molecule has 4 atom stereocenters. The first kappa shape index (κ1) is 42.3. The summed E-state index contributed by atoms with van der Waals surface area (Å²) in [6.45, 7) is 10.3. The molecule has 3 aromatic carbocycles. The number of aliphatic hydroxyl groups is 1. The SMILES string of the molecule is CCCCCCCCN(CCCCCCCC)C[C@@H]1O[C@H](c2cccc(-c3cccc(CNC(=O)c4cccnc4)c3)c2)O[C@H](c2ccc(CO)cc2)[C@@H]1C. The lowest BCUT2D eigenvalue weighted by Gasteiger charge is -2.43. The largest absolute Gasteiger partial charge is 0.392 e. The zero-order valence-electron chi connectivity index (χ0n) is 33.6. The van der Waals surface area contributed by atoms with Gasteiger partial charge in [-0.25, -0.2) is 0 Å². The minimum Gasteiger partial charge on any atom is -0.392 e. The predicted octanol–water partition coefficient (Wildman–Crippen LogP) is 11.0. The first-order chi connectivity index (χ1) is 27.0. The van der Waals surface area contributed by atoms with E-state index in [9.17, 15) is 9.90 Å².